The number of fused-ring (bicyclic) bond motifs is 3. The molecular formula is C21H19NO5. The van der Waals surface area contributed by atoms with E-state index in [0.717, 1.165) is 28.0 Å². The molecule has 6 heteroatoms. The van der Waals surface area contributed by atoms with E-state index in [-0.39, 0.29) is 11.6 Å². The number of ether oxygens (including phenoxy) is 2. The second-order valence-electron chi connectivity index (χ2n) is 6.41. The zero-order valence-electron chi connectivity index (χ0n) is 15.2. The molecule has 1 aliphatic heterocycles. The van der Waals surface area contributed by atoms with Crippen molar-refractivity contribution in [2.75, 3.05) is 18.2 Å². The van der Waals surface area contributed by atoms with Crippen LogP contribution in [0.3, 0.4) is 0 Å². The van der Waals surface area contributed by atoms with Gasteiger partial charge < -0.3 is 18.8 Å². The molecule has 6 nitrogen and oxygen atoms in total. The molecule has 0 radical (unpaired) electrons. The lowest BCUT2D eigenvalue weighted by Gasteiger charge is -2.31. The third-order valence-corrected chi connectivity index (χ3v) is 4.65. The van der Waals surface area contributed by atoms with E-state index in [1.807, 2.05) is 36.1 Å². The number of esters is 1. The van der Waals surface area contributed by atoms with Crippen LogP contribution in [-0.4, -0.2) is 19.3 Å². The molecule has 4 rings (SSSR count). The van der Waals surface area contributed by atoms with Crippen LogP contribution in [0.15, 0.2) is 51.7 Å². The van der Waals surface area contributed by atoms with E-state index in [0.29, 0.717) is 31.0 Å². The van der Waals surface area contributed by atoms with Gasteiger partial charge in [-0.05, 0) is 55.8 Å². The maximum absolute atomic E-state index is 11.8. The van der Waals surface area contributed by atoms with E-state index in [1.165, 1.54) is 6.07 Å². The van der Waals surface area contributed by atoms with Crippen LogP contribution < -0.4 is 15.3 Å². The minimum atomic E-state index is -0.371. The standard InChI is InChI=1S/C21H19NO5/c1-3-25-21(24)14-4-6-15(7-5-14)22-11-17-18(26-12-22)9-8-16-13(2)10-19(23)27-20(16)17/h4-10H,3,11-12H2,1-2H3. The van der Waals surface area contributed by atoms with E-state index in [9.17, 15) is 9.59 Å². The number of rotatable bonds is 3. The third-order valence-electron chi connectivity index (χ3n) is 4.65. The average Bonchev–Trinajstić information content (AvgIpc) is 2.67. The van der Waals surface area contributed by atoms with Gasteiger partial charge in [0, 0.05) is 17.1 Å². The molecule has 0 spiro atoms. The second kappa shape index (κ2) is 6.79. The van der Waals surface area contributed by atoms with Crippen molar-refractivity contribution in [1.82, 2.24) is 0 Å². The molecule has 0 fully saturated rings. The fourth-order valence-electron chi connectivity index (χ4n) is 3.28. The molecule has 0 bridgehead atoms. The van der Waals surface area contributed by atoms with Crippen molar-refractivity contribution >= 4 is 22.6 Å². The second-order valence-corrected chi connectivity index (χ2v) is 6.41. The van der Waals surface area contributed by atoms with E-state index in [1.54, 1.807) is 19.1 Å². The first-order chi connectivity index (χ1) is 13.1. The van der Waals surface area contributed by atoms with Crippen LogP contribution in [0.4, 0.5) is 5.69 Å². The summed E-state index contributed by atoms with van der Waals surface area (Å²) in [7, 11) is 0. The molecule has 2 aromatic carbocycles. The molecule has 3 aromatic rings. The minimum absolute atomic E-state index is 0.340. The number of aryl methyl sites for hydroxylation is 1. The van der Waals surface area contributed by atoms with Gasteiger partial charge in [0.25, 0.3) is 0 Å². The number of hydrogen-bond acceptors (Lipinski definition) is 6. The van der Waals surface area contributed by atoms with Gasteiger partial charge in [0.15, 0.2) is 6.73 Å². The summed E-state index contributed by atoms with van der Waals surface area (Å²) < 4.78 is 16.4. The van der Waals surface area contributed by atoms with E-state index in [4.69, 9.17) is 13.9 Å². The van der Waals surface area contributed by atoms with Gasteiger partial charge in [-0.2, -0.15) is 0 Å². The van der Waals surface area contributed by atoms with Gasteiger partial charge in [0.2, 0.25) is 0 Å². The Bertz CT molecular complexity index is 1070. The molecule has 0 N–H and O–H groups in total. The molecule has 1 aliphatic rings. The number of nitrogens with zero attached hydrogens (tertiary/aromatic N) is 1. The number of hydrogen-bond donors (Lipinski definition) is 0. The fraction of sp³-hybridized carbons (Fsp3) is 0.238. The first-order valence-corrected chi connectivity index (χ1v) is 8.78. The molecule has 0 amide bonds. The normalized spacial score (nSPS) is 13.2. The molecule has 27 heavy (non-hydrogen) atoms. The first-order valence-electron chi connectivity index (χ1n) is 8.78. The largest absolute Gasteiger partial charge is 0.473 e. The van der Waals surface area contributed by atoms with Crippen LogP contribution >= 0.6 is 0 Å². The Morgan fingerprint density at radius 2 is 1.96 bits per heavy atom. The first kappa shape index (κ1) is 17.1. The van der Waals surface area contributed by atoms with Crippen molar-refractivity contribution in [3.63, 3.8) is 0 Å². The zero-order valence-corrected chi connectivity index (χ0v) is 15.2. The molecule has 0 saturated carbocycles. The van der Waals surface area contributed by atoms with Crippen molar-refractivity contribution in [3.05, 3.63) is 69.6 Å². The summed E-state index contributed by atoms with van der Waals surface area (Å²) in [6, 6.07) is 12.5. The zero-order chi connectivity index (χ0) is 19.0. The molecule has 0 saturated heterocycles. The van der Waals surface area contributed by atoms with Gasteiger partial charge in [0.05, 0.1) is 24.3 Å². The summed E-state index contributed by atoms with van der Waals surface area (Å²) in [6.07, 6.45) is 0. The summed E-state index contributed by atoms with van der Waals surface area (Å²) >= 11 is 0. The Kier molecular flexibility index (Phi) is 4.32. The van der Waals surface area contributed by atoms with Gasteiger partial charge in [0.1, 0.15) is 11.3 Å². The quantitative estimate of drug-likeness (QED) is 0.521. The topological polar surface area (TPSA) is 69.0 Å². The number of carbonyl (C=O) groups excluding carboxylic acids is 1. The highest BCUT2D eigenvalue weighted by Crippen LogP contribution is 2.34. The van der Waals surface area contributed by atoms with Crippen molar-refractivity contribution in [2.45, 2.75) is 20.4 Å². The van der Waals surface area contributed by atoms with Crippen molar-refractivity contribution < 1.29 is 18.7 Å². The Labute approximate surface area is 155 Å². The number of benzene rings is 2. The van der Waals surface area contributed by atoms with Gasteiger partial charge >= 0.3 is 11.6 Å². The summed E-state index contributed by atoms with van der Waals surface area (Å²) in [5.74, 6) is 0.378. The number of carbonyl (C=O) groups is 1. The number of anilines is 1. The third kappa shape index (κ3) is 3.14. The summed E-state index contributed by atoms with van der Waals surface area (Å²) in [4.78, 5) is 25.6. The lowest BCUT2D eigenvalue weighted by Crippen LogP contribution is -2.32. The SMILES string of the molecule is CCOC(=O)c1ccc(N2COc3ccc4c(C)cc(=O)oc4c3C2)cc1. The molecule has 138 valence electrons. The lowest BCUT2D eigenvalue weighted by molar-refractivity contribution is 0.0526. The molecule has 1 aromatic heterocycles. The van der Waals surface area contributed by atoms with Crippen LogP contribution in [0.2, 0.25) is 0 Å². The Balaban J connectivity index is 1.67. The Morgan fingerprint density at radius 3 is 2.70 bits per heavy atom. The smallest absolute Gasteiger partial charge is 0.338 e. The summed E-state index contributed by atoms with van der Waals surface area (Å²) in [5.41, 5.74) is 3.32. The van der Waals surface area contributed by atoms with E-state index in [2.05, 4.69) is 0 Å². The highest BCUT2D eigenvalue weighted by atomic mass is 16.5. The lowest BCUT2D eigenvalue weighted by atomic mass is 10.0. The van der Waals surface area contributed by atoms with Crippen LogP contribution in [0.5, 0.6) is 5.75 Å². The fourth-order valence-corrected chi connectivity index (χ4v) is 3.28. The van der Waals surface area contributed by atoms with Gasteiger partial charge in [-0.15, -0.1) is 0 Å². The van der Waals surface area contributed by atoms with E-state index < -0.39 is 0 Å². The molecule has 0 unspecified atom stereocenters. The maximum atomic E-state index is 11.8. The minimum Gasteiger partial charge on any atom is -0.473 e. The van der Waals surface area contributed by atoms with Crippen LogP contribution in [-0.2, 0) is 11.3 Å². The molecule has 0 atom stereocenters. The monoisotopic (exact) mass is 365 g/mol. The molecular weight excluding hydrogens is 346 g/mol. The van der Waals surface area contributed by atoms with Gasteiger partial charge in [-0.1, -0.05) is 0 Å². The maximum Gasteiger partial charge on any atom is 0.338 e. The van der Waals surface area contributed by atoms with Crippen LogP contribution in [0.25, 0.3) is 11.0 Å². The van der Waals surface area contributed by atoms with Gasteiger partial charge in [-0.25, -0.2) is 9.59 Å². The Hall–Kier alpha value is -3.28. The van der Waals surface area contributed by atoms with Crippen LogP contribution in [0, 0.1) is 6.92 Å². The highest BCUT2D eigenvalue weighted by Gasteiger charge is 2.22. The molecule has 0 aliphatic carbocycles. The van der Waals surface area contributed by atoms with Crippen molar-refractivity contribution in [2.24, 2.45) is 0 Å². The summed E-state index contributed by atoms with van der Waals surface area (Å²) in [5, 5.41) is 0.899. The van der Waals surface area contributed by atoms with Crippen molar-refractivity contribution in [1.29, 1.82) is 0 Å². The predicted octanol–water partition coefficient (Wildman–Crippen LogP) is 3.63. The van der Waals surface area contributed by atoms with Crippen molar-refractivity contribution in [3.8, 4) is 5.75 Å². The summed E-state index contributed by atoms with van der Waals surface area (Å²) in [6.45, 7) is 4.92. The Morgan fingerprint density at radius 1 is 1.19 bits per heavy atom. The average molecular weight is 365 g/mol. The predicted molar refractivity (Wildman–Crippen MR) is 101 cm³/mol. The van der Waals surface area contributed by atoms with Gasteiger partial charge in [-0.3, -0.25) is 0 Å². The highest BCUT2D eigenvalue weighted by molar-refractivity contribution is 5.90. The van der Waals surface area contributed by atoms with E-state index >= 15 is 0 Å². The molecule has 2 heterocycles. The van der Waals surface area contributed by atoms with Crippen LogP contribution in [0.1, 0.15) is 28.4 Å².